The Hall–Kier alpha value is -3.15. The van der Waals surface area contributed by atoms with Gasteiger partial charge in [-0.15, -0.1) is 0 Å². The van der Waals surface area contributed by atoms with Crippen molar-refractivity contribution < 1.29 is 28.6 Å². The summed E-state index contributed by atoms with van der Waals surface area (Å²) in [5, 5.41) is 0. The second-order valence-corrected chi connectivity index (χ2v) is 18.1. The minimum absolute atomic E-state index is 0.0883. The third kappa shape index (κ3) is 51.7. The molecule has 0 saturated heterocycles. The number of hydrogen-bond acceptors (Lipinski definition) is 6. The van der Waals surface area contributed by atoms with E-state index < -0.39 is 6.10 Å². The third-order valence-electron chi connectivity index (χ3n) is 11.7. The average Bonchev–Trinajstić information content (AvgIpc) is 3.30. The average molecular weight is 907 g/mol. The molecule has 0 fully saturated rings. The SMILES string of the molecule is CC/C=C\C/C=C\C/C=C\CCCCCCCC(=O)OC[C@H](COC(=O)CCCCCCCCC/C=C\C/C=C\CCCCC)OC(=O)CCCCCCC/C=C\CCCCCCCC. The zero-order valence-electron chi connectivity index (χ0n) is 42.7. The molecular formula is C59H102O6. The van der Waals surface area contributed by atoms with Crippen molar-refractivity contribution >= 4 is 17.9 Å². The van der Waals surface area contributed by atoms with Gasteiger partial charge in [-0.1, -0.05) is 209 Å². The van der Waals surface area contributed by atoms with Crippen LogP contribution in [0.3, 0.4) is 0 Å². The lowest BCUT2D eigenvalue weighted by atomic mass is 10.1. The lowest BCUT2D eigenvalue weighted by Gasteiger charge is -2.18. The Morgan fingerprint density at radius 1 is 0.323 bits per heavy atom. The maximum Gasteiger partial charge on any atom is 0.306 e. The molecule has 0 amide bonds. The van der Waals surface area contributed by atoms with E-state index in [1.54, 1.807) is 0 Å². The monoisotopic (exact) mass is 907 g/mol. The number of carbonyl (C=O) groups is 3. The van der Waals surface area contributed by atoms with Crippen LogP contribution in [0.5, 0.6) is 0 Å². The van der Waals surface area contributed by atoms with Gasteiger partial charge in [-0.05, 0) is 109 Å². The van der Waals surface area contributed by atoms with Crippen LogP contribution in [0.2, 0.25) is 0 Å². The lowest BCUT2D eigenvalue weighted by Crippen LogP contribution is -2.30. The zero-order valence-corrected chi connectivity index (χ0v) is 42.7. The second kappa shape index (κ2) is 53.5. The minimum Gasteiger partial charge on any atom is -0.462 e. The predicted octanol–water partition coefficient (Wildman–Crippen LogP) is 18.2. The summed E-state index contributed by atoms with van der Waals surface area (Å²) in [5.74, 6) is -0.916. The first-order chi connectivity index (χ1) is 32.0. The van der Waals surface area contributed by atoms with Gasteiger partial charge in [-0.2, -0.15) is 0 Å². The number of rotatable bonds is 49. The largest absolute Gasteiger partial charge is 0.462 e. The van der Waals surface area contributed by atoms with Crippen molar-refractivity contribution in [2.45, 2.75) is 271 Å². The van der Waals surface area contributed by atoms with E-state index in [2.05, 4.69) is 93.7 Å². The van der Waals surface area contributed by atoms with Crippen LogP contribution < -0.4 is 0 Å². The van der Waals surface area contributed by atoms with Crippen molar-refractivity contribution in [1.29, 1.82) is 0 Å². The maximum atomic E-state index is 12.8. The summed E-state index contributed by atoms with van der Waals surface area (Å²) >= 11 is 0. The van der Waals surface area contributed by atoms with Crippen LogP contribution in [0, 0.1) is 0 Å². The predicted molar refractivity (Wildman–Crippen MR) is 279 cm³/mol. The Bertz CT molecular complexity index is 1230. The van der Waals surface area contributed by atoms with Gasteiger partial charge < -0.3 is 14.2 Å². The van der Waals surface area contributed by atoms with E-state index in [1.807, 2.05) is 0 Å². The van der Waals surface area contributed by atoms with Crippen LogP contribution in [-0.2, 0) is 28.6 Å². The van der Waals surface area contributed by atoms with E-state index in [-0.39, 0.29) is 31.1 Å². The van der Waals surface area contributed by atoms with Gasteiger partial charge in [0.05, 0.1) is 0 Å². The number of hydrogen-bond donors (Lipinski definition) is 0. The molecular weight excluding hydrogens is 805 g/mol. The Kier molecular flexibility index (Phi) is 50.9. The first kappa shape index (κ1) is 61.9. The molecule has 374 valence electrons. The van der Waals surface area contributed by atoms with Crippen LogP contribution >= 0.6 is 0 Å². The summed E-state index contributed by atoms with van der Waals surface area (Å²) in [7, 11) is 0. The van der Waals surface area contributed by atoms with Gasteiger partial charge in [0.1, 0.15) is 13.2 Å². The standard InChI is InChI=1S/C59H102O6/c1-4-7-10-13-16-19-22-25-28-29-32-34-37-40-43-46-49-52-58(61)64-55-56(65-59(62)53-50-47-44-41-38-35-31-27-24-21-18-15-12-9-6-3)54-63-57(60)51-48-45-42-39-36-33-30-26-23-20-17-14-11-8-5-2/h8,11,16-17,19-20,25-28,30-31,56H,4-7,9-10,12-15,18,21-24,29,32-55H2,1-3H3/b11-8-,19-16-,20-17-,28-25-,30-26-,31-27-/t56-/m1/s1. The lowest BCUT2D eigenvalue weighted by molar-refractivity contribution is -0.167. The van der Waals surface area contributed by atoms with Crippen molar-refractivity contribution in [2.24, 2.45) is 0 Å². The van der Waals surface area contributed by atoms with E-state index in [0.717, 1.165) is 122 Å². The first-order valence-corrected chi connectivity index (χ1v) is 27.4. The molecule has 0 unspecified atom stereocenters. The molecule has 0 N–H and O–H groups in total. The molecule has 0 aromatic heterocycles. The Morgan fingerprint density at radius 2 is 0.600 bits per heavy atom. The van der Waals surface area contributed by atoms with Crippen LogP contribution in [-0.4, -0.2) is 37.2 Å². The topological polar surface area (TPSA) is 78.9 Å². The highest BCUT2D eigenvalue weighted by Gasteiger charge is 2.19. The summed E-state index contributed by atoms with van der Waals surface area (Å²) in [5.41, 5.74) is 0. The maximum absolute atomic E-state index is 12.8. The molecule has 0 aromatic rings. The number of allylic oxidation sites excluding steroid dienone is 12. The molecule has 0 aliphatic rings. The molecule has 0 radical (unpaired) electrons. The van der Waals surface area contributed by atoms with Gasteiger partial charge in [0.15, 0.2) is 6.10 Å². The fourth-order valence-electron chi connectivity index (χ4n) is 7.54. The highest BCUT2D eigenvalue weighted by Crippen LogP contribution is 2.14. The van der Waals surface area contributed by atoms with Crippen molar-refractivity contribution in [3.05, 3.63) is 72.9 Å². The van der Waals surface area contributed by atoms with Crippen molar-refractivity contribution in [3.8, 4) is 0 Å². The summed E-state index contributed by atoms with van der Waals surface area (Å²) in [4.78, 5) is 38.1. The number of ether oxygens (including phenoxy) is 3. The molecule has 0 saturated carbocycles. The highest BCUT2D eigenvalue weighted by atomic mass is 16.6. The molecule has 65 heavy (non-hydrogen) atoms. The molecule has 0 aliphatic carbocycles. The van der Waals surface area contributed by atoms with Gasteiger partial charge in [0.25, 0.3) is 0 Å². The van der Waals surface area contributed by atoms with E-state index >= 15 is 0 Å². The highest BCUT2D eigenvalue weighted by molar-refractivity contribution is 5.71. The number of unbranched alkanes of at least 4 members (excludes halogenated alkanes) is 26. The Balaban J connectivity index is 4.43. The van der Waals surface area contributed by atoms with Crippen molar-refractivity contribution in [1.82, 2.24) is 0 Å². The van der Waals surface area contributed by atoms with Crippen molar-refractivity contribution in [3.63, 3.8) is 0 Å². The molecule has 0 aromatic carbocycles. The normalized spacial score (nSPS) is 12.6. The fraction of sp³-hybridized carbons (Fsp3) is 0.746. The van der Waals surface area contributed by atoms with E-state index in [1.165, 1.54) is 103 Å². The van der Waals surface area contributed by atoms with Crippen LogP contribution in [0.4, 0.5) is 0 Å². The third-order valence-corrected chi connectivity index (χ3v) is 11.7. The number of esters is 3. The molecule has 0 heterocycles. The van der Waals surface area contributed by atoms with Gasteiger partial charge in [0.2, 0.25) is 0 Å². The van der Waals surface area contributed by atoms with Gasteiger partial charge >= 0.3 is 17.9 Å². The fourth-order valence-corrected chi connectivity index (χ4v) is 7.54. The van der Waals surface area contributed by atoms with Crippen LogP contribution in [0.1, 0.15) is 265 Å². The van der Waals surface area contributed by atoms with Crippen molar-refractivity contribution in [2.75, 3.05) is 13.2 Å². The molecule has 0 spiro atoms. The van der Waals surface area contributed by atoms with E-state index in [9.17, 15) is 14.4 Å². The summed E-state index contributed by atoms with van der Waals surface area (Å²) in [6.07, 6.45) is 67.4. The van der Waals surface area contributed by atoms with E-state index in [4.69, 9.17) is 14.2 Å². The quantitative estimate of drug-likeness (QED) is 0.0262. The summed E-state index contributed by atoms with van der Waals surface area (Å²) in [6.45, 7) is 6.48. The van der Waals surface area contributed by atoms with E-state index in [0.29, 0.717) is 19.3 Å². The molecule has 0 bridgehead atoms. The smallest absolute Gasteiger partial charge is 0.306 e. The molecule has 6 heteroatoms. The number of carbonyl (C=O) groups excluding carboxylic acids is 3. The molecule has 6 nitrogen and oxygen atoms in total. The first-order valence-electron chi connectivity index (χ1n) is 27.4. The summed E-state index contributed by atoms with van der Waals surface area (Å²) < 4.78 is 16.8. The summed E-state index contributed by atoms with van der Waals surface area (Å²) in [6, 6.07) is 0. The van der Waals surface area contributed by atoms with Gasteiger partial charge in [-0.25, -0.2) is 0 Å². The Labute approximate surface area is 402 Å². The van der Waals surface area contributed by atoms with Crippen LogP contribution in [0.15, 0.2) is 72.9 Å². The molecule has 0 aliphatic heterocycles. The Morgan fingerprint density at radius 3 is 0.985 bits per heavy atom. The minimum atomic E-state index is -0.790. The van der Waals surface area contributed by atoms with Gasteiger partial charge in [-0.3, -0.25) is 14.4 Å². The van der Waals surface area contributed by atoms with Crippen LogP contribution in [0.25, 0.3) is 0 Å². The molecule has 0 rings (SSSR count). The molecule has 1 atom stereocenters. The zero-order chi connectivity index (χ0) is 47.2. The second-order valence-electron chi connectivity index (χ2n) is 18.1. The van der Waals surface area contributed by atoms with Gasteiger partial charge in [0, 0.05) is 19.3 Å².